The number of benzene rings is 1. The van der Waals surface area contributed by atoms with Crippen molar-refractivity contribution in [3.63, 3.8) is 0 Å². The standard InChI is InChI=1S/C17H22F2N2O3/c1-11(12-4-2-5-13(18)16(12)19)20-17(22)21-7-9-23-10-14(21)15-6-3-8-24-15/h2,4-5,11,14-15H,3,6-10H2,1H3,(H,20,22). The van der Waals surface area contributed by atoms with E-state index in [9.17, 15) is 13.6 Å². The molecular weight excluding hydrogens is 318 g/mol. The van der Waals surface area contributed by atoms with Crippen LogP contribution >= 0.6 is 0 Å². The fourth-order valence-corrected chi connectivity index (χ4v) is 3.29. The van der Waals surface area contributed by atoms with E-state index in [2.05, 4.69) is 5.32 Å². The summed E-state index contributed by atoms with van der Waals surface area (Å²) in [7, 11) is 0. The maximum atomic E-state index is 13.9. The van der Waals surface area contributed by atoms with Gasteiger partial charge in [0.2, 0.25) is 0 Å². The van der Waals surface area contributed by atoms with Crippen LogP contribution < -0.4 is 5.32 Å². The van der Waals surface area contributed by atoms with Crippen molar-refractivity contribution >= 4 is 6.03 Å². The van der Waals surface area contributed by atoms with Crippen LogP contribution in [0, 0.1) is 11.6 Å². The van der Waals surface area contributed by atoms with E-state index in [-0.39, 0.29) is 23.7 Å². The topological polar surface area (TPSA) is 50.8 Å². The molecule has 1 N–H and O–H groups in total. The third-order valence-electron chi connectivity index (χ3n) is 4.61. The molecule has 2 amide bonds. The maximum absolute atomic E-state index is 13.9. The Bertz CT molecular complexity index is 593. The molecule has 3 unspecified atom stereocenters. The van der Waals surface area contributed by atoms with Gasteiger partial charge in [0.15, 0.2) is 11.6 Å². The lowest BCUT2D eigenvalue weighted by atomic mass is 10.1. The Hall–Kier alpha value is -1.73. The summed E-state index contributed by atoms with van der Waals surface area (Å²) in [4.78, 5) is 14.3. The van der Waals surface area contributed by atoms with Crippen molar-refractivity contribution in [1.29, 1.82) is 0 Å². The molecule has 3 rings (SSSR count). The minimum Gasteiger partial charge on any atom is -0.377 e. The Labute approximate surface area is 139 Å². The van der Waals surface area contributed by atoms with Gasteiger partial charge in [-0.3, -0.25) is 0 Å². The average Bonchev–Trinajstić information content (AvgIpc) is 3.11. The van der Waals surface area contributed by atoms with E-state index >= 15 is 0 Å². The Morgan fingerprint density at radius 2 is 2.21 bits per heavy atom. The molecule has 3 atom stereocenters. The molecule has 0 saturated carbocycles. The third-order valence-corrected chi connectivity index (χ3v) is 4.61. The highest BCUT2D eigenvalue weighted by atomic mass is 19.2. The Balaban J connectivity index is 1.69. The summed E-state index contributed by atoms with van der Waals surface area (Å²) in [6.45, 7) is 3.67. The number of nitrogens with one attached hydrogen (secondary N) is 1. The molecule has 24 heavy (non-hydrogen) atoms. The third kappa shape index (κ3) is 3.52. The van der Waals surface area contributed by atoms with Gasteiger partial charge in [0, 0.05) is 18.7 Å². The number of amides is 2. The van der Waals surface area contributed by atoms with E-state index in [1.807, 2.05) is 0 Å². The van der Waals surface area contributed by atoms with Crippen LogP contribution in [-0.2, 0) is 9.47 Å². The van der Waals surface area contributed by atoms with Crippen molar-refractivity contribution in [2.75, 3.05) is 26.4 Å². The first-order chi connectivity index (χ1) is 11.6. The van der Waals surface area contributed by atoms with Gasteiger partial charge < -0.3 is 19.7 Å². The zero-order chi connectivity index (χ0) is 17.1. The minimum absolute atomic E-state index is 0.0303. The van der Waals surface area contributed by atoms with E-state index in [4.69, 9.17) is 9.47 Å². The lowest BCUT2D eigenvalue weighted by Crippen LogP contribution is -2.57. The molecule has 0 spiro atoms. The highest BCUT2D eigenvalue weighted by Gasteiger charge is 2.36. The molecule has 2 saturated heterocycles. The molecular formula is C17H22F2N2O3. The number of carbonyl (C=O) groups is 1. The van der Waals surface area contributed by atoms with Crippen molar-refractivity contribution in [3.05, 3.63) is 35.4 Å². The normalized spacial score (nSPS) is 25.5. The molecule has 1 aromatic rings. The summed E-state index contributed by atoms with van der Waals surface area (Å²) >= 11 is 0. The first-order valence-electron chi connectivity index (χ1n) is 8.28. The highest BCUT2D eigenvalue weighted by Crippen LogP contribution is 2.24. The second-order valence-electron chi connectivity index (χ2n) is 6.20. The van der Waals surface area contributed by atoms with Gasteiger partial charge in [-0.2, -0.15) is 0 Å². The van der Waals surface area contributed by atoms with Crippen molar-refractivity contribution in [2.45, 2.75) is 38.0 Å². The Morgan fingerprint density at radius 1 is 1.38 bits per heavy atom. The number of hydrogen-bond donors (Lipinski definition) is 1. The van der Waals surface area contributed by atoms with Crippen molar-refractivity contribution in [1.82, 2.24) is 10.2 Å². The Kier molecular flexibility index (Phi) is 5.30. The SMILES string of the molecule is CC(NC(=O)N1CCOCC1C1CCCO1)c1cccc(F)c1F. The van der Waals surface area contributed by atoms with E-state index < -0.39 is 17.7 Å². The molecule has 7 heteroatoms. The average molecular weight is 340 g/mol. The van der Waals surface area contributed by atoms with Gasteiger partial charge >= 0.3 is 6.03 Å². The molecule has 132 valence electrons. The van der Waals surface area contributed by atoms with Crippen molar-refractivity contribution in [3.8, 4) is 0 Å². The van der Waals surface area contributed by atoms with Crippen LogP contribution in [-0.4, -0.2) is 49.4 Å². The monoisotopic (exact) mass is 340 g/mol. The molecule has 0 radical (unpaired) electrons. The molecule has 2 aliphatic heterocycles. The van der Waals surface area contributed by atoms with Crippen LogP contribution in [0.1, 0.15) is 31.4 Å². The number of ether oxygens (including phenoxy) is 2. The first-order valence-corrected chi connectivity index (χ1v) is 8.28. The summed E-state index contributed by atoms with van der Waals surface area (Å²) in [5, 5.41) is 2.76. The van der Waals surface area contributed by atoms with Crippen molar-refractivity contribution in [2.24, 2.45) is 0 Å². The maximum Gasteiger partial charge on any atom is 0.318 e. The predicted octanol–water partition coefficient (Wildman–Crippen LogP) is 2.62. The fourth-order valence-electron chi connectivity index (χ4n) is 3.29. The number of urea groups is 1. The molecule has 1 aromatic carbocycles. The summed E-state index contributed by atoms with van der Waals surface area (Å²) in [5.74, 6) is -1.85. The number of nitrogens with zero attached hydrogens (tertiary/aromatic N) is 1. The molecule has 2 fully saturated rings. The lowest BCUT2D eigenvalue weighted by Gasteiger charge is -2.38. The van der Waals surface area contributed by atoms with Crippen LogP contribution in [0.3, 0.4) is 0 Å². The van der Waals surface area contributed by atoms with Gasteiger partial charge in [-0.05, 0) is 25.8 Å². The van der Waals surface area contributed by atoms with Crippen molar-refractivity contribution < 1.29 is 23.0 Å². The zero-order valence-corrected chi connectivity index (χ0v) is 13.6. The smallest absolute Gasteiger partial charge is 0.318 e. The predicted molar refractivity (Wildman–Crippen MR) is 83.6 cm³/mol. The number of rotatable bonds is 3. The van der Waals surface area contributed by atoms with Crippen LogP contribution in [0.5, 0.6) is 0 Å². The second-order valence-corrected chi connectivity index (χ2v) is 6.20. The summed E-state index contributed by atoms with van der Waals surface area (Å²) in [5.41, 5.74) is 0.130. The zero-order valence-electron chi connectivity index (χ0n) is 13.6. The number of halogens is 2. The molecule has 0 aliphatic carbocycles. The largest absolute Gasteiger partial charge is 0.377 e. The van der Waals surface area contributed by atoms with Gasteiger partial charge in [0.05, 0.1) is 31.4 Å². The van der Waals surface area contributed by atoms with Crippen LogP contribution in [0.25, 0.3) is 0 Å². The molecule has 2 aliphatic rings. The van der Waals surface area contributed by atoms with E-state index in [1.54, 1.807) is 11.8 Å². The fraction of sp³-hybridized carbons (Fsp3) is 0.588. The molecule has 0 bridgehead atoms. The van der Waals surface area contributed by atoms with Gasteiger partial charge in [-0.1, -0.05) is 12.1 Å². The van der Waals surface area contributed by atoms with Crippen LogP contribution in [0.2, 0.25) is 0 Å². The summed E-state index contributed by atoms with van der Waals surface area (Å²) in [6.07, 6.45) is 1.84. The number of hydrogen-bond acceptors (Lipinski definition) is 3. The summed E-state index contributed by atoms with van der Waals surface area (Å²) in [6, 6.07) is 2.87. The van der Waals surface area contributed by atoms with E-state index in [1.165, 1.54) is 12.1 Å². The molecule has 5 nitrogen and oxygen atoms in total. The minimum atomic E-state index is -0.928. The van der Waals surface area contributed by atoms with Gasteiger partial charge in [0.1, 0.15) is 0 Å². The van der Waals surface area contributed by atoms with Crippen LogP contribution in [0.4, 0.5) is 13.6 Å². The molecule has 0 aromatic heterocycles. The second kappa shape index (κ2) is 7.44. The van der Waals surface area contributed by atoms with Gasteiger partial charge in [0.25, 0.3) is 0 Å². The number of morpholine rings is 1. The lowest BCUT2D eigenvalue weighted by molar-refractivity contribution is -0.0475. The highest BCUT2D eigenvalue weighted by molar-refractivity contribution is 5.75. The number of carbonyl (C=O) groups excluding carboxylic acids is 1. The molecule has 2 heterocycles. The summed E-state index contributed by atoms with van der Waals surface area (Å²) < 4.78 is 38.4. The van der Waals surface area contributed by atoms with Gasteiger partial charge in [-0.15, -0.1) is 0 Å². The Morgan fingerprint density at radius 3 is 2.96 bits per heavy atom. The quantitative estimate of drug-likeness (QED) is 0.920. The van der Waals surface area contributed by atoms with E-state index in [0.717, 1.165) is 18.9 Å². The van der Waals surface area contributed by atoms with Gasteiger partial charge in [-0.25, -0.2) is 13.6 Å². The van der Waals surface area contributed by atoms with E-state index in [0.29, 0.717) is 26.4 Å². The van der Waals surface area contributed by atoms with Crippen LogP contribution in [0.15, 0.2) is 18.2 Å². The first kappa shape index (κ1) is 17.1.